The van der Waals surface area contributed by atoms with Gasteiger partial charge >= 0.3 is 11.9 Å². The lowest BCUT2D eigenvalue weighted by Crippen LogP contribution is -2.08. The van der Waals surface area contributed by atoms with Gasteiger partial charge < -0.3 is 37.9 Å². The molecule has 60 heavy (non-hydrogen) atoms. The molecular weight excluding hydrogens is 761 g/mol. The minimum Gasteiger partial charge on any atom is -0.490 e. The fraction of sp³-hybridized carbons (Fsp3) is 0.520. The van der Waals surface area contributed by atoms with Gasteiger partial charge in [0.25, 0.3) is 0 Å². The Bertz CT molecular complexity index is 1810. The van der Waals surface area contributed by atoms with E-state index in [1.807, 2.05) is 0 Å². The van der Waals surface area contributed by atoms with Crippen LogP contribution in [0.15, 0.2) is 61.7 Å². The second-order valence-electron chi connectivity index (χ2n) is 14.9. The third kappa shape index (κ3) is 14.6. The molecule has 0 unspecified atom stereocenters. The highest BCUT2D eigenvalue weighted by molar-refractivity contribution is 6.26. The van der Waals surface area contributed by atoms with Crippen LogP contribution in [0.5, 0.6) is 34.5 Å². The Hall–Kier alpha value is -5.12. The number of hydrogen-bond acceptors (Lipinski definition) is 10. The summed E-state index contributed by atoms with van der Waals surface area (Å²) in [4.78, 5) is 23.3. The Balaban J connectivity index is 1.95. The maximum absolute atomic E-state index is 11.7. The number of fused-ring (bicyclic) bond motifs is 6. The summed E-state index contributed by atoms with van der Waals surface area (Å²) in [6, 6.07) is 12.5. The smallest absolute Gasteiger partial charge is 0.330 e. The number of rotatable bonds is 32. The molecule has 0 bridgehead atoms. The van der Waals surface area contributed by atoms with E-state index in [0.717, 1.165) is 122 Å². The molecule has 0 atom stereocenters. The van der Waals surface area contributed by atoms with E-state index in [2.05, 4.69) is 77.3 Å². The highest BCUT2D eigenvalue weighted by atomic mass is 16.5. The molecule has 0 saturated heterocycles. The first-order valence-corrected chi connectivity index (χ1v) is 22.3. The second kappa shape index (κ2) is 26.9. The zero-order valence-electron chi connectivity index (χ0n) is 36.7. The Kier molecular flexibility index (Phi) is 21.3. The first-order chi connectivity index (χ1) is 29.4. The van der Waals surface area contributed by atoms with Gasteiger partial charge in [-0.05, 0) is 94.4 Å². The van der Waals surface area contributed by atoms with E-state index in [4.69, 9.17) is 37.9 Å². The van der Waals surface area contributed by atoms with Crippen LogP contribution < -0.4 is 28.4 Å². The van der Waals surface area contributed by atoms with Crippen LogP contribution in [0.4, 0.5) is 0 Å². The van der Waals surface area contributed by atoms with E-state index in [-0.39, 0.29) is 13.2 Å². The molecule has 0 aromatic heterocycles. The zero-order chi connectivity index (χ0) is 43.0. The second-order valence-corrected chi connectivity index (χ2v) is 14.9. The number of ether oxygens (including phenoxy) is 8. The Morgan fingerprint density at radius 3 is 0.783 bits per heavy atom. The van der Waals surface area contributed by atoms with E-state index in [1.165, 1.54) is 0 Å². The molecule has 0 radical (unpaired) electrons. The molecule has 0 aliphatic heterocycles. The maximum atomic E-state index is 11.7. The molecule has 4 aromatic rings. The lowest BCUT2D eigenvalue weighted by Gasteiger charge is -2.21. The third-order valence-electron chi connectivity index (χ3n) is 10.1. The molecule has 328 valence electrons. The van der Waals surface area contributed by atoms with Gasteiger partial charge in [0.05, 0.1) is 52.9 Å². The first kappa shape index (κ1) is 47.6. The van der Waals surface area contributed by atoms with Gasteiger partial charge in [-0.15, -0.1) is 0 Å². The Labute approximate surface area is 357 Å². The molecule has 0 aliphatic carbocycles. The minimum atomic E-state index is -0.461. The van der Waals surface area contributed by atoms with Gasteiger partial charge in [-0.25, -0.2) is 9.59 Å². The van der Waals surface area contributed by atoms with Crippen LogP contribution in [-0.2, 0) is 19.1 Å². The standard InChI is InChI=1S/C50H68O10/c1-7-13-17-23-53-43-31-37-38(32-44(43)54-24-18-14-8-2)42-36-48(58-28-22-30-60-50(52)12-6)46(56-26-20-16-10-4)34-40(42)39-33-45(55-25-19-15-9-3)47(35-41(37)39)57-27-21-29-59-49(51)11-5/h11-12,31-36H,5-10,13-30H2,1-4H3. The van der Waals surface area contributed by atoms with Crippen molar-refractivity contribution in [3.8, 4) is 34.5 Å². The average Bonchev–Trinajstić information content (AvgIpc) is 3.26. The van der Waals surface area contributed by atoms with Gasteiger partial charge in [0.15, 0.2) is 34.5 Å². The van der Waals surface area contributed by atoms with Gasteiger partial charge in [-0.3, -0.25) is 0 Å². The molecule has 10 heteroatoms. The summed E-state index contributed by atoms with van der Waals surface area (Å²) in [5, 5.41) is 5.76. The van der Waals surface area contributed by atoms with Crippen LogP contribution in [-0.4, -0.2) is 64.8 Å². The molecule has 0 saturated carbocycles. The van der Waals surface area contributed by atoms with Gasteiger partial charge in [0.2, 0.25) is 0 Å². The van der Waals surface area contributed by atoms with E-state index >= 15 is 0 Å². The van der Waals surface area contributed by atoms with Crippen LogP contribution in [0.1, 0.15) is 118 Å². The number of carbonyl (C=O) groups is 2. The molecule has 0 amide bonds. The first-order valence-electron chi connectivity index (χ1n) is 22.3. The summed E-state index contributed by atoms with van der Waals surface area (Å²) in [5.41, 5.74) is 0. The average molecular weight is 829 g/mol. The van der Waals surface area contributed by atoms with E-state index in [9.17, 15) is 9.59 Å². The topological polar surface area (TPSA) is 108 Å². The van der Waals surface area contributed by atoms with Crippen LogP contribution >= 0.6 is 0 Å². The van der Waals surface area contributed by atoms with Gasteiger partial charge in [0.1, 0.15) is 0 Å². The number of hydrogen-bond donors (Lipinski definition) is 0. The normalized spacial score (nSPS) is 11.1. The van der Waals surface area contributed by atoms with Crippen LogP contribution in [0, 0.1) is 0 Å². The zero-order valence-corrected chi connectivity index (χ0v) is 36.7. The lowest BCUT2D eigenvalue weighted by atomic mass is 9.93. The molecule has 10 nitrogen and oxygen atoms in total. The monoisotopic (exact) mass is 828 g/mol. The highest BCUT2D eigenvalue weighted by Crippen LogP contribution is 2.47. The predicted octanol–water partition coefficient (Wildman–Crippen LogP) is 12.4. The Morgan fingerprint density at radius 1 is 0.367 bits per heavy atom. The number of unbranched alkanes of at least 4 members (excludes halogenated alkanes) is 8. The quantitative estimate of drug-likeness (QED) is 0.0204. The van der Waals surface area contributed by atoms with Crippen molar-refractivity contribution in [2.75, 3.05) is 52.9 Å². The molecular formula is C50H68O10. The molecule has 0 spiro atoms. The molecule has 4 aromatic carbocycles. The summed E-state index contributed by atoms with van der Waals surface area (Å²) >= 11 is 0. The van der Waals surface area contributed by atoms with Crippen LogP contribution in [0.25, 0.3) is 32.3 Å². The van der Waals surface area contributed by atoms with Gasteiger partial charge in [-0.1, -0.05) is 92.2 Å². The third-order valence-corrected chi connectivity index (χ3v) is 10.1. The molecule has 0 N–H and O–H groups in total. The number of esters is 2. The van der Waals surface area contributed by atoms with Crippen molar-refractivity contribution >= 4 is 44.3 Å². The molecule has 0 fully saturated rings. The largest absolute Gasteiger partial charge is 0.490 e. The molecule has 0 heterocycles. The van der Waals surface area contributed by atoms with Crippen molar-refractivity contribution < 1.29 is 47.5 Å². The molecule has 4 rings (SSSR count). The summed E-state index contributed by atoms with van der Waals surface area (Å²) in [7, 11) is 0. The summed E-state index contributed by atoms with van der Waals surface area (Å²) < 4.78 is 49.3. The Morgan fingerprint density at radius 2 is 0.583 bits per heavy atom. The van der Waals surface area contributed by atoms with Crippen molar-refractivity contribution in [2.45, 2.75) is 118 Å². The van der Waals surface area contributed by atoms with Crippen molar-refractivity contribution in [3.05, 3.63) is 61.7 Å². The van der Waals surface area contributed by atoms with Crippen LogP contribution in [0.2, 0.25) is 0 Å². The summed E-state index contributed by atoms with van der Waals surface area (Å²) in [6.07, 6.45) is 15.6. The van der Waals surface area contributed by atoms with Crippen molar-refractivity contribution in [2.24, 2.45) is 0 Å². The van der Waals surface area contributed by atoms with E-state index in [1.54, 1.807) is 0 Å². The lowest BCUT2D eigenvalue weighted by molar-refractivity contribution is -0.138. The number of benzene rings is 4. The van der Waals surface area contributed by atoms with Crippen molar-refractivity contribution in [1.82, 2.24) is 0 Å². The predicted molar refractivity (Wildman–Crippen MR) is 242 cm³/mol. The summed E-state index contributed by atoms with van der Waals surface area (Å²) in [6.45, 7) is 19.0. The van der Waals surface area contributed by atoms with Gasteiger partial charge in [-0.2, -0.15) is 0 Å². The number of carbonyl (C=O) groups excluding carboxylic acids is 2. The van der Waals surface area contributed by atoms with Crippen LogP contribution in [0.3, 0.4) is 0 Å². The fourth-order valence-corrected chi connectivity index (χ4v) is 6.78. The SMILES string of the molecule is C=CC(=O)OCCCOc1cc2c3cc(OCCCCC)c(OCCCCC)cc3c3cc(OCCCOC(=O)C=C)c(OCCCCC)cc3c2cc1OCCCCC. The van der Waals surface area contributed by atoms with E-state index in [0.29, 0.717) is 87.0 Å². The minimum absolute atomic E-state index is 0.212. The summed E-state index contributed by atoms with van der Waals surface area (Å²) in [5.74, 6) is 2.95. The van der Waals surface area contributed by atoms with Crippen molar-refractivity contribution in [3.63, 3.8) is 0 Å². The van der Waals surface area contributed by atoms with Crippen molar-refractivity contribution in [1.29, 1.82) is 0 Å². The van der Waals surface area contributed by atoms with Gasteiger partial charge in [0, 0.05) is 25.0 Å². The fourth-order valence-electron chi connectivity index (χ4n) is 6.78. The van der Waals surface area contributed by atoms with E-state index < -0.39 is 11.9 Å². The maximum Gasteiger partial charge on any atom is 0.330 e. The molecule has 0 aliphatic rings. The highest BCUT2D eigenvalue weighted by Gasteiger charge is 2.21.